The van der Waals surface area contributed by atoms with Crippen LogP contribution in [0.5, 0.6) is 0 Å². The van der Waals surface area contributed by atoms with Crippen molar-refractivity contribution in [3.05, 3.63) is 17.6 Å². The van der Waals surface area contributed by atoms with E-state index < -0.39 is 0 Å². The zero-order valence-corrected chi connectivity index (χ0v) is 10.1. The molecule has 2 aromatic rings. The Bertz CT molecular complexity index is 475. The Morgan fingerprint density at radius 2 is 2.12 bits per heavy atom. The topological polar surface area (TPSA) is 72.0 Å². The van der Waals surface area contributed by atoms with Gasteiger partial charge in [0.05, 0.1) is 16.5 Å². The number of hydrogen-bond donors (Lipinski definition) is 1. The molecule has 2 heterocycles. The Hall–Kier alpha value is -1.27. The summed E-state index contributed by atoms with van der Waals surface area (Å²) >= 11 is 1.50. The SMILES string of the molecule is OC1CCC(c2nc(-c3cncs3)no2)CC1. The first-order valence-corrected chi connectivity index (χ1v) is 6.61. The van der Waals surface area contributed by atoms with Gasteiger partial charge >= 0.3 is 0 Å². The van der Waals surface area contributed by atoms with Gasteiger partial charge < -0.3 is 9.63 Å². The van der Waals surface area contributed by atoms with Crippen molar-refractivity contribution in [2.24, 2.45) is 0 Å². The van der Waals surface area contributed by atoms with Gasteiger partial charge in [-0.25, -0.2) is 0 Å². The average molecular weight is 251 g/mol. The van der Waals surface area contributed by atoms with Gasteiger partial charge in [-0.1, -0.05) is 5.16 Å². The lowest BCUT2D eigenvalue weighted by Gasteiger charge is -2.22. The highest BCUT2D eigenvalue weighted by Gasteiger charge is 2.25. The molecule has 0 amide bonds. The molecule has 0 spiro atoms. The standard InChI is InChI=1S/C11H13N3O2S/c15-8-3-1-7(2-4-8)11-13-10(14-16-11)9-5-12-6-17-9/h5-8,15H,1-4H2. The molecule has 2 aromatic heterocycles. The van der Waals surface area contributed by atoms with Gasteiger partial charge in [-0.15, -0.1) is 11.3 Å². The predicted octanol–water partition coefficient (Wildman–Crippen LogP) is 2.21. The minimum Gasteiger partial charge on any atom is -0.393 e. The fraction of sp³-hybridized carbons (Fsp3) is 0.545. The molecule has 17 heavy (non-hydrogen) atoms. The number of thiazole rings is 1. The molecule has 0 bridgehead atoms. The van der Waals surface area contributed by atoms with E-state index in [-0.39, 0.29) is 6.10 Å². The molecule has 1 fully saturated rings. The van der Waals surface area contributed by atoms with Gasteiger partial charge in [-0.05, 0) is 25.7 Å². The summed E-state index contributed by atoms with van der Waals surface area (Å²) in [6.45, 7) is 0. The second-order valence-electron chi connectivity index (χ2n) is 4.33. The third kappa shape index (κ3) is 2.23. The van der Waals surface area contributed by atoms with Gasteiger partial charge in [-0.3, -0.25) is 4.98 Å². The number of aliphatic hydroxyl groups is 1. The van der Waals surface area contributed by atoms with Crippen molar-refractivity contribution in [3.8, 4) is 10.7 Å². The quantitative estimate of drug-likeness (QED) is 0.886. The molecule has 1 aliphatic rings. The summed E-state index contributed by atoms with van der Waals surface area (Å²) in [4.78, 5) is 9.33. The van der Waals surface area contributed by atoms with E-state index in [1.54, 1.807) is 11.7 Å². The number of aromatic nitrogens is 3. The van der Waals surface area contributed by atoms with E-state index in [1.807, 2.05) is 0 Å². The van der Waals surface area contributed by atoms with Crippen LogP contribution >= 0.6 is 11.3 Å². The summed E-state index contributed by atoms with van der Waals surface area (Å²) in [6, 6.07) is 0. The molecule has 0 aromatic carbocycles. The molecule has 1 saturated carbocycles. The highest BCUT2D eigenvalue weighted by Crippen LogP contribution is 2.33. The van der Waals surface area contributed by atoms with Crippen LogP contribution < -0.4 is 0 Å². The molecular formula is C11H13N3O2S. The molecular weight excluding hydrogens is 238 g/mol. The first-order chi connectivity index (χ1) is 8.33. The lowest BCUT2D eigenvalue weighted by Crippen LogP contribution is -2.17. The van der Waals surface area contributed by atoms with Crippen molar-refractivity contribution in [3.63, 3.8) is 0 Å². The van der Waals surface area contributed by atoms with Crippen LogP contribution in [-0.2, 0) is 0 Å². The maximum absolute atomic E-state index is 9.46. The van der Waals surface area contributed by atoms with E-state index in [1.165, 1.54) is 11.3 Å². The Balaban J connectivity index is 1.76. The summed E-state index contributed by atoms with van der Waals surface area (Å²) in [5.41, 5.74) is 1.75. The van der Waals surface area contributed by atoms with Gasteiger partial charge in [0.2, 0.25) is 11.7 Å². The normalized spacial score (nSPS) is 25.0. The van der Waals surface area contributed by atoms with Crippen molar-refractivity contribution in [1.82, 2.24) is 15.1 Å². The largest absolute Gasteiger partial charge is 0.393 e. The van der Waals surface area contributed by atoms with Gasteiger partial charge in [-0.2, -0.15) is 4.98 Å². The second kappa shape index (κ2) is 4.54. The molecule has 0 radical (unpaired) electrons. The Labute approximate surface area is 103 Å². The van der Waals surface area contributed by atoms with Crippen molar-refractivity contribution in [1.29, 1.82) is 0 Å². The summed E-state index contributed by atoms with van der Waals surface area (Å²) in [5, 5.41) is 13.4. The van der Waals surface area contributed by atoms with Crippen molar-refractivity contribution in [2.45, 2.75) is 37.7 Å². The van der Waals surface area contributed by atoms with Crippen LogP contribution in [0.4, 0.5) is 0 Å². The fourth-order valence-corrected chi connectivity index (χ4v) is 2.70. The van der Waals surface area contributed by atoms with Crippen LogP contribution in [0.25, 0.3) is 10.7 Å². The van der Waals surface area contributed by atoms with Crippen molar-refractivity contribution in [2.75, 3.05) is 0 Å². The number of nitrogens with zero attached hydrogens (tertiary/aromatic N) is 3. The van der Waals surface area contributed by atoms with Gasteiger partial charge in [0, 0.05) is 12.1 Å². The maximum Gasteiger partial charge on any atom is 0.230 e. The van der Waals surface area contributed by atoms with Crippen LogP contribution in [0, 0.1) is 0 Å². The minimum absolute atomic E-state index is 0.157. The van der Waals surface area contributed by atoms with E-state index in [9.17, 15) is 5.11 Å². The third-order valence-electron chi connectivity index (χ3n) is 3.14. The Morgan fingerprint density at radius 3 is 2.82 bits per heavy atom. The monoisotopic (exact) mass is 251 g/mol. The first kappa shape index (κ1) is 10.9. The second-order valence-corrected chi connectivity index (χ2v) is 5.21. The third-order valence-corrected chi connectivity index (χ3v) is 3.91. The summed E-state index contributed by atoms with van der Waals surface area (Å²) in [7, 11) is 0. The fourth-order valence-electron chi connectivity index (χ4n) is 2.15. The van der Waals surface area contributed by atoms with Crippen molar-refractivity contribution < 1.29 is 9.63 Å². The highest BCUT2D eigenvalue weighted by atomic mass is 32.1. The zero-order valence-electron chi connectivity index (χ0n) is 9.24. The van der Waals surface area contributed by atoms with Crippen LogP contribution in [0.2, 0.25) is 0 Å². The lowest BCUT2D eigenvalue weighted by molar-refractivity contribution is 0.116. The lowest BCUT2D eigenvalue weighted by atomic mass is 9.87. The van der Waals surface area contributed by atoms with Gasteiger partial charge in [0.25, 0.3) is 0 Å². The van der Waals surface area contributed by atoms with Gasteiger partial charge in [0.15, 0.2) is 0 Å². The molecule has 1 N–H and O–H groups in total. The molecule has 0 unspecified atom stereocenters. The molecule has 1 aliphatic carbocycles. The summed E-state index contributed by atoms with van der Waals surface area (Å²) in [5.74, 6) is 1.61. The van der Waals surface area contributed by atoms with E-state index in [0.717, 1.165) is 30.6 Å². The molecule has 0 aliphatic heterocycles. The number of rotatable bonds is 2. The maximum atomic E-state index is 9.46. The highest BCUT2D eigenvalue weighted by molar-refractivity contribution is 7.13. The molecule has 5 nitrogen and oxygen atoms in total. The first-order valence-electron chi connectivity index (χ1n) is 5.73. The summed E-state index contributed by atoms with van der Waals surface area (Å²) < 4.78 is 5.30. The molecule has 6 heteroatoms. The van der Waals surface area contributed by atoms with Crippen molar-refractivity contribution >= 4 is 11.3 Å². The Kier molecular flexibility index (Phi) is 2.90. The van der Waals surface area contributed by atoms with Crippen LogP contribution in [0.1, 0.15) is 37.5 Å². The van der Waals surface area contributed by atoms with Crippen LogP contribution in [0.15, 0.2) is 16.2 Å². The molecule has 3 rings (SSSR count). The van der Waals surface area contributed by atoms with E-state index >= 15 is 0 Å². The molecule has 0 atom stereocenters. The van der Waals surface area contributed by atoms with E-state index in [2.05, 4.69) is 15.1 Å². The smallest absolute Gasteiger partial charge is 0.230 e. The molecule has 0 saturated heterocycles. The van der Waals surface area contributed by atoms with Crippen LogP contribution in [-0.4, -0.2) is 26.3 Å². The summed E-state index contributed by atoms with van der Waals surface area (Å²) in [6.07, 6.45) is 5.07. The van der Waals surface area contributed by atoms with E-state index in [4.69, 9.17) is 4.52 Å². The Morgan fingerprint density at radius 1 is 1.29 bits per heavy atom. The average Bonchev–Trinajstić information content (AvgIpc) is 3.00. The predicted molar refractivity (Wildman–Crippen MR) is 62.6 cm³/mol. The van der Waals surface area contributed by atoms with E-state index in [0.29, 0.717) is 17.6 Å². The van der Waals surface area contributed by atoms with Crippen LogP contribution in [0.3, 0.4) is 0 Å². The van der Waals surface area contributed by atoms with Gasteiger partial charge in [0.1, 0.15) is 0 Å². The number of hydrogen-bond acceptors (Lipinski definition) is 6. The zero-order chi connectivity index (χ0) is 11.7. The minimum atomic E-state index is -0.157. The molecule has 90 valence electrons. The number of aliphatic hydroxyl groups excluding tert-OH is 1.